The molecule has 3 rings (SSSR count). The number of nitrogens with one attached hydrogen (secondary N) is 2. The largest absolute Gasteiger partial charge is 0.320 e. The summed E-state index contributed by atoms with van der Waals surface area (Å²) in [4.78, 5) is 26.5. The van der Waals surface area contributed by atoms with Crippen molar-refractivity contribution in [3.63, 3.8) is 0 Å². The van der Waals surface area contributed by atoms with E-state index in [9.17, 15) is 9.59 Å². The second-order valence-corrected chi connectivity index (χ2v) is 14.0. The molecule has 0 aromatic heterocycles. The van der Waals surface area contributed by atoms with Gasteiger partial charge in [0.1, 0.15) is 0 Å². The molecule has 0 radical (unpaired) electrons. The Balaban J connectivity index is 2.01. The van der Waals surface area contributed by atoms with E-state index >= 15 is 0 Å². The molecule has 0 atom stereocenters. The highest BCUT2D eigenvalue weighted by molar-refractivity contribution is 9.13. The molecular weight excluding hydrogens is 1020 g/mol. The van der Waals surface area contributed by atoms with Crippen LogP contribution in [-0.2, 0) is 0 Å². The Bertz CT molecular complexity index is 1270. The number of anilines is 2. The average Bonchev–Trinajstić information content (AvgIpc) is 2.70. The zero-order valence-corrected chi connectivity index (χ0v) is 29.9. The molecule has 0 saturated carbocycles. The maximum absolute atomic E-state index is 13.3. The Morgan fingerprint density at radius 1 is 0.515 bits per heavy atom. The quantitative estimate of drug-likeness (QED) is 0.256. The van der Waals surface area contributed by atoms with Gasteiger partial charge in [-0.1, -0.05) is 31.9 Å². The van der Waals surface area contributed by atoms with E-state index in [2.05, 4.69) is 154 Å². The summed E-state index contributed by atoms with van der Waals surface area (Å²) in [5, 5.41) is 5.76. The maximum Gasteiger partial charge on any atom is 0.258 e. The lowest BCUT2D eigenvalue weighted by Gasteiger charge is -2.16. The Hall–Kier alpha value is 0.920. The van der Waals surface area contributed by atoms with Gasteiger partial charge in [-0.3, -0.25) is 9.59 Å². The molecule has 0 fully saturated rings. The molecule has 0 bridgehead atoms. The van der Waals surface area contributed by atoms with Crippen molar-refractivity contribution in [2.24, 2.45) is 0 Å². The zero-order valence-electron chi connectivity index (χ0n) is 15.6. The first kappa shape index (κ1) is 28.5. The van der Waals surface area contributed by atoms with Crippen molar-refractivity contribution < 1.29 is 9.59 Å². The molecule has 3 aromatic rings. The summed E-state index contributed by atoms with van der Waals surface area (Å²) in [6.07, 6.45) is 0. The molecule has 0 saturated heterocycles. The molecule has 0 spiro atoms. The number of halogens is 9. The summed E-state index contributed by atoms with van der Waals surface area (Å²) >= 11 is 31.0. The molecule has 4 nitrogen and oxygen atoms in total. The first-order valence-electron chi connectivity index (χ1n) is 8.50. The van der Waals surface area contributed by atoms with Gasteiger partial charge >= 0.3 is 0 Å². The zero-order chi connectivity index (χ0) is 24.6. The van der Waals surface area contributed by atoms with Gasteiger partial charge in [-0.25, -0.2) is 0 Å². The van der Waals surface area contributed by atoms with Crippen LogP contribution in [0.1, 0.15) is 20.7 Å². The summed E-state index contributed by atoms with van der Waals surface area (Å²) < 4.78 is 5.80. The lowest BCUT2D eigenvalue weighted by molar-refractivity contribution is 0.102. The molecule has 172 valence electrons. The number of rotatable bonds is 4. The third-order valence-corrected chi connectivity index (χ3v) is 10.3. The number of hydrogen-bond acceptors (Lipinski definition) is 2. The standard InChI is InChI=1S/C20H7Br9N2O2/c21-6-1-10(24)17(11(25)2-6)30-19(32)8-5-9(23)16(29)14(15(8)28)20(33)31-18-12(26)3-7(22)4-13(18)27/h1-5H,(H,30,32)(H,31,33). The summed E-state index contributed by atoms with van der Waals surface area (Å²) in [7, 11) is 0. The van der Waals surface area contributed by atoms with Gasteiger partial charge in [0.2, 0.25) is 0 Å². The van der Waals surface area contributed by atoms with Crippen LogP contribution in [-0.4, -0.2) is 11.8 Å². The number of hydrogen-bond donors (Lipinski definition) is 2. The van der Waals surface area contributed by atoms with E-state index in [0.717, 1.165) is 8.95 Å². The fourth-order valence-electron chi connectivity index (χ4n) is 2.65. The smallest absolute Gasteiger partial charge is 0.258 e. The van der Waals surface area contributed by atoms with Crippen molar-refractivity contribution in [3.05, 3.63) is 81.7 Å². The molecule has 0 aliphatic rings. The van der Waals surface area contributed by atoms with Crippen LogP contribution in [0.4, 0.5) is 11.4 Å². The minimum Gasteiger partial charge on any atom is -0.320 e. The molecule has 0 aliphatic heterocycles. The first-order chi connectivity index (χ1) is 15.4. The molecule has 2 amide bonds. The predicted octanol–water partition coefficient (Wildman–Crippen LogP) is 11.1. The molecule has 3 aromatic carbocycles. The number of carbonyl (C=O) groups excluding carboxylic acids is 2. The van der Waals surface area contributed by atoms with Crippen LogP contribution < -0.4 is 10.6 Å². The molecule has 0 aliphatic carbocycles. The van der Waals surface area contributed by atoms with E-state index in [1.54, 1.807) is 6.07 Å². The summed E-state index contributed by atoms with van der Waals surface area (Å²) in [6.45, 7) is 0. The van der Waals surface area contributed by atoms with Crippen LogP contribution in [0.2, 0.25) is 0 Å². The van der Waals surface area contributed by atoms with Gasteiger partial charge in [-0.05, 0) is 142 Å². The van der Waals surface area contributed by atoms with E-state index in [1.807, 2.05) is 24.3 Å². The topological polar surface area (TPSA) is 58.2 Å². The molecule has 0 unspecified atom stereocenters. The molecule has 2 N–H and O–H groups in total. The van der Waals surface area contributed by atoms with Crippen LogP contribution in [0.15, 0.2) is 70.6 Å². The average molecular weight is 1030 g/mol. The summed E-state index contributed by atoms with van der Waals surface area (Å²) in [5.41, 5.74) is 1.63. The fourth-order valence-corrected chi connectivity index (χ4v) is 9.42. The van der Waals surface area contributed by atoms with Crippen molar-refractivity contribution in [1.82, 2.24) is 0 Å². The summed E-state index contributed by atoms with van der Waals surface area (Å²) in [6, 6.07) is 8.90. The Morgan fingerprint density at radius 2 is 0.909 bits per heavy atom. The lowest BCUT2D eigenvalue weighted by Crippen LogP contribution is -2.19. The Kier molecular flexibility index (Phi) is 10.3. The van der Waals surface area contributed by atoms with E-state index in [1.165, 1.54) is 0 Å². The normalized spacial score (nSPS) is 10.8. The van der Waals surface area contributed by atoms with Crippen molar-refractivity contribution in [1.29, 1.82) is 0 Å². The Morgan fingerprint density at radius 3 is 1.33 bits per heavy atom. The van der Waals surface area contributed by atoms with Crippen LogP contribution in [0, 0.1) is 0 Å². The summed E-state index contributed by atoms with van der Waals surface area (Å²) in [5.74, 6) is -0.822. The van der Waals surface area contributed by atoms with E-state index in [-0.39, 0.29) is 11.1 Å². The highest BCUT2D eigenvalue weighted by Gasteiger charge is 2.25. The molecule has 13 heteroatoms. The van der Waals surface area contributed by atoms with Crippen molar-refractivity contribution in [2.45, 2.75) is 0 Å². The highest BCUT2D eigenvalue weighted by atomic mass is 79.9. The number of amides is 2. The minimum absolute atomic E-state index is 0.255. The SMILES string of the molecule is O=C(Nc1c(Br)cc(Br)cc1Br)c1cc(Br)c(Br)c(C(=O)Nc2c(Br)cc(Br)cc2Br)c1Br. The first-order valence-corrected chi connectivity index (χ1v) is 15.6. The van der Waals surface area contributed by atoms with Gasteiger partial charge in [0.05, 0.1) is 22.5 Å². The van der Waals surface area contributed by atoms with Crippen LogP contribution >= 0.6 is 143 Å². The third kappa shape index (κ3) is 6.63. The maximum atomic E-state index is 13.3. The second kappa shape index (κ2) is 12.0. The third-order valence-electron chi connectivity index (χ3n) is 4.12. The second-order valence-electron chi connectivity index (χ2n) is 6.31. The van der Waals surface area contributed by atoms with Gasteiger partial charge in [0.15, 0.2) is 0 Å². The van der Waals surface area contributed by atoms with Crippen molar-refractivity contribution in [3.8, 4) is 0 Å². The van der Waals surface area contributed by atoms with Gasteiger partial charge in [-0.15, -0.1) is 0 Å². The van der Waals surface area contributed by atoms with Gasteiger partial charge in [-0.2, -0.15) is 0 Å². The van der Waals surface area contributed by atoms with Gasteiger partial charge in [0.25, 0.3) is 11.8 Å². The van der Waals surface area contributed by atoms with Gasteiger partial charge < -0.3 is 10.6 Å². The van der Waals surface area contributed by atoms with Crippen LogP contribution in [0.25, 0.3) is 0 Å². The molecule has 33 heavy (non-hydrogen) atoms. The number of benzene rings is 3. The van der Waals surface area contributed by atoms with Crippen LogP contribution in [0.3, 0.4) is 0 Å². The van der Waals surface area contributed by atoms with E-state index in [0.29, 0.717) is 42.7 Å². The number of carbonyl (C=O) groups is 2. The van der Waals surface area contributed by atoms with E-state index < -0.39 is 11.8 Å². The fraction of sp³-hybridized carbons (Fsp3) is 0. The predicted molar refractivity (Wildman–Crippen MR) is 165 cm³/mol. The van der Waals surface area contributed by atoms with Crippen molar-refractivity contribution >= 4 is 167 Å². The van der Waals surface area contributed by atoms with Crippen LogP contribution in [0.5, 0.6) is 0 Å². The molecular formula is C20H7Br9N2O2. The lowest BCUT2D eigenvalue weighted by atomic mass is 10.1. The van der Waals surface area contributed by atoms with E-state index in [4.69, 9.17) is 0 Å². The van der Waals surface area contributed by atoms with Crippen molar-refractivity contribution in [2.75, 3.05) is 10.6 Å². The van der Waals surface area contributed by atoms with Gasteiger partial charge in [0, 0.05) is 40.3 Å². The minimum atomic E-state index is -0.418. The Labute approximate surface area is 265 Å². The monoisotopic (exact) mass is 1020 g/mol. The highest BCUT2D eigenvalue weighted by Crippen LogP contribution is 2.40. The molecule has 0 heterocycles.